The summed E-state index contributed by atoms with van der Waals surface area (Å²) in [6, 6.07) is 0. The molecule has 4 heteroatoms. The first-order chi connectivity index (χ1) is 6.87. The highest BCUT2D eigenvalue weighted by atomic mass is 28.4. The van der Waals surface area contributed by atoms with E-state index in [1.165, 1.54) is 25.7 Å². The molecule has 0 amide bonds. The lowest BCUT2D eigenvalue weighted by atomic mass is 10.2. The lowest BCUT2D eigenvalue weighted by Gasteiger charge is -2.28. The number of rotatable bonds is 8. The third kappa shape index (κ3) is 9.29. The summed E-state index contributed by atoms with van der Waals surface area (Å²) in [5.74, 6) is 0. The Morgan fingerprint density at radius 2 is 1.73 bits per heavy atom. The third-order valence-corrected chi connectivity index (χ3v) is 5.68. The predicted octanol–water partition coefficient (Wildman–Crippen LogP) is 2.75. The van der Waals surface area contributed by atoms with Gasteiger partial charge in [-0.25, -0.2) is 0 Å². The maximum absolute atomic E-state index is 6.25. The fourth-order valence-corrected chi connectivity index (χ4v) is 5.89. The molecular weight excluding hydrogens is 218 g/mol. The summed E-state index contributed by atoms with van der Waals surface area (Å²) in [5.41, 5.74) is 6.08. The third-order valence-electron chi connectivity index (χ3n) is 2.44. The molecule has 0 aliphatic carbocycles. The van der Waals surface area contributed by atoms with Gasteiger partial charge in [-0.1, -0.05) is 25.9 Å². The number of unbranched alkanes of at least 4 members (excludes halogenated alkanes) is 2. The monoisotopic (exact) mass is 247 g/mol. The standard InChI is InChI=1S/C11H29NOSi2/c1-14(2)11(13-15(3,4)5)9-7-6-8-10-12/h11,14H,6-10,12H2,1-5H3. The van der Waals surface area contributed by atoms with Crippen LogP contribution in [0.3, 0.4) is 0 Å². The van der Waals surface area contributed by atoms with E-state index in [1.54, 1.807) is 0 Å². The molecule has 0 radical (unpaired) electrons. The molecule has 0 aromatic heterocycles. The van der Waals surface area contributed by atoms with E-state index in [1.807, 2.05) is 0 Å². The van der Waals surface area contributed by atoms with Gasteiger partial charge in [-0.05, 0) is 39.0 Å². The fraction of sp³-hybridized carbons (Fsp3) is 1.00. The van der Waals surface area contributed by atoms with Crippen LogP contribution in [0.4, 0.5) is 0 Å². The molecule has 0 heterocycles. The first-order valence-corrected chi connectivity index (χ1v) is 12.6. The molecule has 2 nitrogen and oxygen atoms in total. The van der Waals surface area contributed by atoms with Crippen LogP contribution in [0, 0.1) is 0 Å². The Morgan fingerprint density at radius 1 is 1.13 bits per heavy atom. The molecular formula is C11H29NOSi2. The predicted molar refractivity (Wildman–Crippen MR) is 74.6 cm³/mol. The minimum Gasteiger partial charge on any atom is -0.418 e. The van der Waals surface area contributed by atoms with Crippen molar-refractivity contribution in [3.05, 3.63) is 0 Å². The highest BCUT2D eigenvalue weighted by Gasteiger charge is 2.23. The molecule has 0 aromatic rings. The summed E-state index contributed by atoms with van der Waals surface area (Å²) in [5, 5.41) is 0. The van der Waals surface area contributed by atoms with E-state index in [9.17, 15) is 0 Å². The average Bonchev–Trinajstić information content (AvgIpc) is 2.08. The van der Waals surface area contributed by atoms with Crippen LogP contribution >= 0.6 is 0 Å². The van der Waals surface area contributed by atoms with E-state index < -0.39 is 17.1 Å². The van der Waals surface area contributed by atoms with Gasteiger partial charge < -0.3 is 10.2 Å². The van der Waals surface area contributed by atoms with Crippen LogP contribution in [0.5, 0.6) is 0 Å². The second kappa shape index (κ2) is 7.60. The van der Waals surface area contributed by atoms with Crippen molar-refractivity contribution in [3.63, 3.8) is 0 Å². The Kier molecular flexibility index (Phi) is 7.78. The molecule has 0 aromatic carbocycles. The Bertz CT molecular complexity index is 157. The van der Waals surface area contributed by atoms with Crippen LogP contribution in [0.15, 0.2) is 0 Å². The van der Waals surface area contributed by atoms with Crippen molar-refractivity contribution in [1.29, 1.82) is 0 Å². The van der Waals surface area contributed by atoms with E-state index >= 15 is 0 Å². The fourth-order valence-electron chi connectivity index (χ4n) is 1.65. The van der Waals surface area contributed by atoms with Crippen molar-refractivity contribution in [2.24, 2.45) is 5.73 Å². The zero-order chi connectivity index (χ0) is 11.9. The van der Waals surface area contributed by atoms with E-state index in [0.29, 0.717) is 5.73 Å². The van der Waals surface area contributed by atoms with Gasteiger partial charge in [0.05, 0.1) is 8.80 Å². The van der Waals surface area contributed by atoms with Crippen molar-refractivity contribution in [1.82, 2.24) is 0 Å². The zero-order valence-corrected chi connectivity index (χ0v) is 13.3. The van der Waals surface area contributed by atoms with Crippen molar-refractivity contribution in [2.45, 2.75) is 64.1 Å². The van der Waals surface area contributed by atoms with Gasteiger partial charge in [0.15, 0.2) is 8.32 Å². The maximum atomic E-state index is 6.25. The van der Waals surface area contributed by atoms with E-state index in [0.717, 1.165) is 6.54 Å². The van der Waals surface area contributed by atoms with Gasteiger partial charge in [-0.2, -0.15) is 0 Å². The SMILES string of the molecule is C[SiH](C)C(CCCCCN)O[Si](C)(C)C. The summed E-state index contributed by atoms with van der Waals surface area (Å²) in [6.07, 6.45) is 4.98. The van der Waals surface area contributed by atoms with Crippen LogP contribution in [0.2, 0.25) is 32.7 Å². The van der Waals surface area contributed by atoms with Crippen molar-refractivity contribution in [2.75, 3.05) is 6.54 Å². The molecule has 0 bridgehead atoms. The van der Waals surface area contributed by atoms with Crippen molar-refractivity contribution in [3.8, 4) is 0 Å². The van der Waals surface area contributed by atoms with Crippen molar-refractivity contribution < 1.29 is 4.43 Å². The van der Waals surface area contributed by atoms with Gasteiger partial charge in [-0.3, -0.25) is 0 Å². The van der Waals surface area contributed by atoms with Gasteiger partial charge in [0.1, 0.15) is 0 Å². The average molecular weight is 248 g/mol. The molecule has 0 fully saturated rings. The summed E-state index contributed by atoms with van der Waals surface area (Å²) in [7, 11) is -2.00. The highest BCUT2D eigenvalue weighted by molar-refractivity contribution is 6.71. The lowest BCUT2D eigenvalue weighted by molar-refractivity contribution is 0.250. The van der Waals surface area contributed by atoms with Crippen LogP contribution in [-0.2, 0) is 4.43 Å². The molecule has 1 unspecified atom stereocenters. The van der Waals surface area contributed by atoms with Gasteiger partial charge in [0, 0.05) is 5.73 Å². The quantitative estimate of drug-likeness (QED) is 0.529. The minimum absolute atomic E-state index is 0.592. The lowest BCUT2D eigenvalue weighted by Crippen LogP contribution is -2.38. The molecule has 0 aliphatic rings. The van der Waals surface area contributed by atoms with Gasteiger partial charge in [0.25, 0.3) is 0 Å². The van der Waals surface area contributed by atoms with E-state index in [2.05, 4.69) is 32.7 Å². The van der Waals surface area contributed by atoms with Crippen molar-refractivity contribution >= 4 is 17.1 Å². The molecule has 0 saturated heterocycles. The van der Waals surface area contributed by atoms with E-state index in [4.69, 9.17) is 10.2 Å². The van der Waals surface area contributed by atoms with Crippen LogP contribution in [0.1, 0.15) is 25.7 Å². The van der Waals surface area contributed by atoms with E-state index in [-0.39, 0.29) is 0 Å². The molecule has 15 heavy (non-hydrogen) atoms. The summed E-state index contributed by atoms with van der Waals surface area (Å²) < 4.78 is 6.25. The first-order valence-electron chi connectivity index (χ1n) is 6.24. The number of hydrogen-bond donors (Lipinski definition) is 1. The molecule has 0 rings (SSSR count). The van der Waals surface area contributed by atoms with Crippen LogP contribution in [0.25, 0.3) is 0 Å². The molecule has 92 valence electrons. The summed E-state index contributed by atoms with van der Waals surface area (Å²) >= 11 is 0. The maximum Gasteiger partial charge on any atom is 0.183 e. The second-order valence-electron chi connectivity index (χ2n) is 5.65. The minimum atomic E-state index is -1.34. The largest absolute Gasteiger partial charge is 0.418 e. The second-order valence-corrected chi connectivity index (χ2v) is 13.3. The number of nitrogens with two attached hydrogens (primary N) is 1. The van der Waals surface area contributed by atoms with Gasteiger partial charge in [-0.15, -0.1) is 0 Å². The Morgan fingerprint density at radius 3 is 2.13 bits per heavy atom. The van der Waals surface area contributed by atoms with Crippen LogP contribution in [-0.4, -0.2) is 29.4 Å². The zero-order valence-electron chi connectivity index (χ0n) is 11.2. The topological polar surface area (TPSA) is 35.2 Å². The Hall–Kier alpha value is 0.354. The molecule has 1 atom stereocenters. The molecule has 2 N–H and O–H groups in total. The van der Waals surface area contributed by atoms with Gasteiger partial charge in [0.2, 0.25) is 0 Å². The summed E-state index contributed by atoms with van der Waals surface area (Å²) in [4.78, 5) is 0. The normalized spacial score (nSPS) is 14.6. The van der Waals surface area contributed by atoms with Gasteiger partial charge >= 0.3 is 0 Å². The Balaban J connectivity index is 3.84. The molecule has 0 saturated carbocycles. The smallest absolute Gasteiger partial charge is 0.183 e. The highest BCUT2D eigenvalue weighted by Crippen LogP contribution is 2.15. The van der Waals surface area contributed by atoms with Crippen LogP contribution < -0.4 is 5.73 Å². The Labute approximate surface area is 98.3 Å². The summed E-state index contributed by atoms with van der Waals surface area (Å²) in [6.45, 7) is 12.5. The number of hydrogen-bond acceptors (Lipinski definition) is 2. The first kappa shape index (κ1) is 15.4. The molecule has 0 aliphatic heterocycles. The molecule has 0 spiro atoms.